The molecule has 0 unspecified atom stereocenters. The highest BCUT2D eigenvalue weighted by molar-refractivity contribution is 5.91. The number of rotatable bonds is 5. The maximum absolute atomic E-state index is 12.0. The zero-order valence-corrected chi connectivity index (χ0v) is 11.5. The molecule has 0 spiro atoms. The second-order valence-electron chi connectivity index (χ2n) is 6.10. The van der Waals surface area contributed by atoms with Crippen LogP contribution in [0.15, 0.2) is 6.20 Å². The van der Waals surface area contributed by atoms with Crippen molar-refractivity contribution in [1.82, 2.24) is 25.6 Å². The molecule has 1 amide bonds. The van der Waals surface area contributed by atoms with E-state index in [1.165, 1.54) is 12.8 Å². The highest BCUT2D eigenvalue weighted by Gasteiger charge is 2.45. The molecule has 2 aliphatic rings. The average molecular weight is 263 g/mol. The van der Waals surface area contributed by atoms with Crippen LogP contribution in [0.2, 0.25) is 0 Å². The van der Waals surface area contributed by atoms with E-state index in [0.717, 1.165) is 19.6 Å². The van der Waals surface area contributed by atoms with Crippen molar-refractivity contribution in [2.75, 3.05) is 19.6 Å². The summed E-state index contributed by atoms with van der Waals surface area (Å²) < 4.78 is 1.78. The number of amides is 1. The monoisotopic (exact) mass is 263 g/mol. The lowest BCUT2D eigenvalue weighted by Crippen LogP contribution is -2.43. The quantitative estimate of drug-likeness (QED) is 0.815. The van der Waals surface area contributed by atoms with Crippen LogP contribution in [0.4, 0.5) is 0 Å². The highest BCUT2D eigenvalue weighted by Crippen LogP contribution is 2.51. The Bertz CT molecular complexity index is 473. The molecule has 1 aliphatic heterocycles. The molecular weight excluding hydrogens is 242 g/mol. The maximum atomic E-state index is 12.0. The first-order chi connectivity index (χ1) is 9.11. The third kappa shape index (κ3) is 2.36. The minimum Gasteiger partial charge on any atom is -0.350 e. The van der Waals surface area contributed by atoms with Crippen LogP contribution < -0.4 is 10.6 Å². The van der Waals surface area contributed by atoms with Crippen molar-refractivity contribution in [1.29, 1.82) is 0 Å². The molecule has 1 aromatic heterocycles. The van der Waals surface area contributed by atoms with Crippen LogP contribution in [-0.2, 0) is 0 Å². The van der Waals surface area contributed by atoms with Crippen molar-refractivity contribution < 1.29 is 4.79 Å². The summed E-state index contributed by atoms with van der Waals surface area (Å²) in [5.41, 5.74) is 0.746. The molecule has 0 atom stereocenters. The van der Waals surface area contributed by atoms with Gasteiger partial charge in [-0.15, -0.1) is 5.10 Å². The van der Waals surface area contributed by atoms with Gasteiger partial charge in [0.1, 0.15) is 0 Å². The number of hydrogen-bond acceptors (Lipinski definition) is 4. The minimum atomic E-state index is -0.106. The average Bonchev–Trinajstić information content (AvgIpc) is 2.97. The summed E-state index contributed by atoms with van der Waals surface area (Å²) in [6.07, 6.45) is 4.17. The zero-order chi connectivity index (χ0) is 13.5. The molecule has 0 radical (unpaired) electrons. The van der Waals surface area contributed by atoms with Crippen molar-refractivity contribution in [2.45, 2.75) is 32.7 Å². The fourth-order valence-electron chi connectivity index (χ4n) is 2.49. The van der Waals surface area contributed by atoms with Gasteiger partial charge in [0.15, 0.2) is 5.69 Å². The summed E-state index contributed by atoms with van der Waals surface area (Å²) in [7, 11) is 0. The van der Waals surface area contributed by atoms with Gasteiger partial charge in [-0.2, -0.15) is 0 Å². The van der Waals surface area contributed by atoms with E-state index in [1.54, 1.807) is 10.9 Å². The summed E-state index contributed by atoms with van der Waals surface area (Å²) in [5, 5.41) is 14.2. The SMILES string of the molecule is CC(C)C1(CNC(=O)c2cn(C3CNC3)nn2)CC1. The van der Waals surface area contributed by atoms with Crippen LogP contribution >= 0.6 is 0 Å². The molecule has 1 saturated heterocycles. The molecule has 3 rings (SSSR count). The molecule has 6 heteroatoms. The number of aromatic nitrogens is 3. The van der Waals surface area contributed by atoms with Gasteiger partial charge in [-0.25, -0.2) is 4.68 Å². The standard InChI is InChI=1S/C13H21N5O/c1-9(2)13(3-4-13)8-15-12(19)11-7-18(17-16-11)10-5-14-6-10/h7,9-10,14H,3-6,8H2,1-2H3,(H,15,19). The number of carbonyl (C=O) groups excluding carboxylic acids is 1. The van der Waals surface area contributed by atoms with Gasteiger partial charge in [-0.3, -0.25) is 4.79 Å². The fraction of sp³-hybridized carbons (Fsp3) is 0.769. The van der Waals surface area contributed by atoms with Gasteiger partial charge >= 0.3 is 0 Å². The van der Waals surface area contributed by atoms with Gasteiger partial charge in [0.05, 0.1) is 12.2 Å². The van der Waals surface area contributed by atoms with Crippen LogP contribution in [0.5, 0.6) is 0 Å². The molecule has 2 fully saturated rings. The van der Waals surface area contributed by atoms with Crippen LogP contribution in [0.3, 0.4) is 0 Å². The summed E-state index contributed by atoms with van der Waals surface area (Å²) in [6.45, 7) is 7.00. The Labute approximate surface area is 112 Å². The summed E-state index contributed by atoms with van der Waals surface area (Å²) in [5.74, 6) is 0.509. The number of hydrogen-bond donors (Lipinski definition) is 2. The van der Waals surface area contributed by atoms with Crippen molar-refractivity contribution in [3.05, 3.63) is 11.9 Å². The number of carbonyl (C=O) groups is 1. The van der Waals surface area contributed by atoms with Crippen LogP contribution in [0.25, 0.3) is 0 Å². The Morgan fingerprint density at radius 3 is 2.84 bits per heavy atom. The zero-order valence-electron chi connectivity index (χ0n) is 11.5. The predicted octanol–water partition coefficient (Wildman–Crippen LogP) is 0.588. The Balaban J connectivity index is 1.56. The lowest BCUT2D eigenvalue weighted by Gasteiger charge is -2.26. The molecule has 1 saturated carbocycles. The number of nitrogens with zero attached hydrogens (tertiary/aromatic N) is 3. The molecule has 1 aromatic rings. The highest BCUT2D eigenvalue weighted by atomic mass is 16.2. The molecule has 0 aromatic carbocycles. The van der Waals surface area contributed by atoms with E-state index in [-0.39, 0.29) is 5.91 Å². The van der Waals surface area contributed by atoms with E-state index in [1.807, 2.05) is 0 Å². The first-order valence-corrected chi connectivity index (χ1v) is 7.01. The Hall–Kier alpha value is -1.43. The Morgan fingerprint density at radius 1 is 1.58 bits per heavy atom. The van der Waals surface area contributed by atoms with Crippen molar-refractivity contribution in [3.63, 3.8) is 0 Å². The van der Waals surface area contributed by atoms with Crippen molar-refractivity contribution in [3.8, 4) is 0 Å². The third-order valence-electron chi connectivity index (χ3n) is 4.59. The van der Waals surface area contributed by atoms with Crippen molar-refractivity contribution >= 4 is 5.91 Å². The third-order valence-corrected chi connectivity index (χ3v) is 4.59. The number of nitrogens with one attached hydrogen (secondary N) is 2. The van der Waals surface area contributed by atoms with E-state index >= 15 is 0 Å². The van der Waals surface area contributed by atoms with E-state index < -0.39 is 0 Å². The molecular formula is C13H21N5O. The molecule has 1 aliphatic carbocycles. The molecule has 19 heavy (non-hydrogen) atoms. The lowest BCUT2D eigenvalue weighted by molar-refractivity contribution is 0.0934. The van der Waals surface area contributed by atoms with Gasteiger partial charge in [0.2, 0.25) is 0 Å². The summed E-state index contributed by atoms with van der Waals surface area (Å²) >= 11 is 0. The first-order valence-electron chi connectivity index (χ1n) is 7.01. The topological polar surface area (TPSA) is 71.8 Å². The minimum absolute atomic E-state index is 0.106. The normalized spacial score (nSPS) is 21.2. The fourth-order valence-corrected chi connectivity index (χ4v) is 2.49. The molecule has 2 heterocycles. The van der Waals surface area contributed by atoms with Crippen LogP contribution in [0.1, 0.15) is 43.2 Å². The van der Waals surface area contributed by atoms with Gasteiger partial charge in [0, 0.05) is 19.6 Å². The lowest BCUT2D eigenvalue weighted by atomic mass is 9.92. The first kappa shape index (κ1) is 12.6. The van der Waals surface area contributed by atoms with E-state index in [0.29, 0.717) is 23.1 Å². The molecule has 104 valence electrons. The smallest absolute Gasteiger partial charge is 0.273 e. The van der Waals surface area contributed by atoms with E-state index in [2.05, 4.69) is 34.8 Å². The van der Waals surface area contributed by atoms with Crippen LogP contribution in [0, 0.1) is 11.3 Å². The predicted molar refractivity (Wildman–Crippen MR) is 70.8 cm³/mol. The largest absolute Gasteiger partial charge is 0.350 e. The van der Waals surface area contributed by atoms with Gasteiger partial charge in [0.25, 0.3) is 5.91 Å². The van der Waals surface area contributed by atoms with Gasteiger partial charge in [-0.1, -0.05) is 19.1 Å². The molecule has 6 nitrogen and oxygen atoms in total. The second kappa shape index (κ2) is 4.59. The second-order valence-corrected chi connectivity index (χ2v) is 6.10. The summed E-state index contributed by atoms with van der Waals surface area (Å²) in [6, 6.07) is 0.347. The van der Waals surface area contributed by atoms with Gasteiger partial charge < -0.3 is 10.6 Å². The molecule has 2 N–H and O–H groups in total. The molecule has 0 bridgehead atoms. The Kier molecular flexibility index (Phi) is 3.05. The van der Waals surface area contributed by atoms with Crippen molar-refractivity contribution in [2.24, 2.45) is 11.3 Å². The summed E-state index contributed by atoms with van der Waals surface area (Å²) in [4.78, 5) is 12.0. The van der Waals surface area contributed by atoms with Gasteiger partial charge in [-0.05, 0) is 24.2 Å². The van der Waals surface area contributed by atoms with E-state index in [4.69, 9.17) is 0 Å². The Morgan fingerprint density at radius 2 is 2.32 bits per heavy atom. The maximum Gasteiger partial charge on any atom is 0.273 e. The van der Waals surface area contributed by atoms with E-state index in [9.17, 15) is 4.79 Å². The van der Waals surface area contributed by atoms with Crippen LogP contribution in [-0.4, -0.2) is 40.5 Å².